The van der Waals surface area contributed by atoms with Crippen LogP contribution in [-0.4, -0.2) is 29.1 Å². The quantitative estimate of drug-likeness (QED) is 0.932. The maximum Gasteiger partial charge on any atom is 0.307 e. The normalized spacial score (nSPS) is 20.9. The Labute approximate surface area is 116 Å². The number of hydrogen-bond donors (Lipinski definition) is 1. The number of likely N-dealkylation sites (tertiary alicyclic amines) is 1. The van der Waals surface area contributed by atoms with Crippen molar-refractivity contribution in [3.8, 4) is 0 Å². The lowest BCUT2D eigenvalue weighted by Crippen LogP contribution is -2.38. The molecule has 1 aromatic carbocycles. The van der Waals surface area contributed by atoms with Crippen molar-refractivity contribution < 1.29 is 9.90 Å². The fourth-order valence-electron chi connectivity index (χ4n) is 2.46. The van der Waals surface area contributed by atoms with Crippen LogP contribution in [0.15, 0.2) is 22.7 Å². The van der Waals surface area contributed by atoms with E-state index < -0.39 is 5.97 Å². The van der Waals surface area contributed by atoms with Crippen LogP contribution in [0.1, 0.15) is 24.0 Å². The molecule has 0 aliphatic carbocycles. The Kier molecular flexibility index (Phi) is 4.40. The molecule has 18 heavy (non-hydrogen) atoms. The van der Waals surface area contributed by atoms with E-state index in [-0.39, 0.29) is 5.92 Å². The lowest BCUT2D eigenvalue weighted by molar-refractivity contribution is -0.143. The minimum Gasteiger partial charge on any atom is -0.481 e. The molecule has 2 rings (SSSR count). The van der Waals surface area contributed by atoms with Crippen molar-refractivity contribution in [2.75, 3.05) is 13.1 Å². The molecule has 1 saturated heterocycles. The molecule has 4 heteroatoms. The smallest absolute Gasteiger partial charge is 0.307 e. The molecule has 0 amide bonds. The van der Waals surface area contributed by atoms with E-state index in [1.165, 1.54) is 11.1 Å². The van der Waals surface area contributed by atoms with Crippen molar-refractivity contribution in [1.29, 1.82) is 0 Å². The Bertz CT molecular complexity index is 447. The van der Waals surface area contributed by atoms with Gasteiger partial charge in [-0.15, -0.1) is 0 Å². The molecule has 3 nitrogen and oxygen atoms in total. The van der Waals surface area contributed by atoms with E-state index in [9.17, 15) is 4.79 Å². The van der Waals surface area contributed by atoms with Gasteiger partial charge in [-0.05, 0) is 43.5 Å². The van der Waals surface area contributed by atoms with Crippen molar-refractivity contribution in [1.82, 2.24) is 4.90 Å². The minimum absolute atomic E-state index is 0.199. The van der Waals surface area contributed by atoms with Gasteiger partial charge in [0.25, 0.3) is 0 Å². The maximum atomic E-state index is 11.0. The molecular weight excluding hydrogens is 294 g/mol. The highest BCUT2D eigenvalue weighted by atomic mass is 79.9. The number of carboxylic acid groups (broad SMARTS) is 1. The van der Waals surface area contributed by atoms with E-state index >= 15 is 0 Å². The lowest BCUT2D eigenvalue weighted by atomic mass is 9.98. The lowest BCUT2D eigenvalue weighted by Gasteiger charge is -2.30. The van der Waals surface area contributed by atoms with Gasteiger partial charge in [0.1, 0.15) is 0 Å². The van der Waals surface area contributed by atoms with Gasteiger partial charge < -0.3 is 5.11 Å². The zero-order valence-corrected chi connectivity index (χ0v) is 12.1. The second kappa shape index (κ2) is 5.85. The van der Waals surface area contributed by atoms with Crippen molar-refractivity contribution >= 4 is 21.9 Å². The highest BCUT2D eigenvalue weighted by Gasteiger charge is 2.25. The molecule has 1 aliphatic heterocycles. The molecule has 1 fully saturated rings. The van der Waals surface area contributed by atoms with E-state index in [0.717, 1.165) is 30.4 Å². The van der Waals surface area contributed by atoms with Gasteiger partial charge in [0, 0.05) is 17.6 Å². The van der Waals surface area contributed by atoms with Gasteiger partial charge in [-0.2, -0.15) is 0 Å². The number of piperidine rings is 1. The first-order valence-corrected chi connectivity index (χ1v) is 7.06. The fraction of sp³-hybridized carbons (Fsp3) is 0.500. The summed E-state index contributed by atoms with van der Waals surface area (Å²) in [6.45, 7) is 4.59. The van der Waals surface area contributed by atoms with Crippen molar-refractivity contribution in [2.45, 2.75) is 26.3 Å². The molecule has 1 aliphatic rings. The molecule has 0 aromatic heterocycles. The average Bonchev–Trinajstić information content (AvgIpc) is 2.34. The SMILES string of the molecule is Cc1cc(CN2CCCC(C(=O)O)C2)ccc1Br. The largest absolute Gasteiger partial charge is 0.481 e. The van der Waals surface area contributed by atoms with Crippen LogP contribution < -0.4 is 0 Å². The molecule has 0 spiro atoms. The predicted octanol–water partition coefficient (Wildman–Crippen LogP) is 3.05. The van der Waals surface area contributed by atoms with Gasteiger partial charge >= 0.3 is 5.97 Å². The van der Waals surface area contributed by atoms with Gasteiger partial charge in [-0.25, -0.2) is 0 Å². The Balaban J connectivity index is 2.00. The van der Waals surface area contributed by atoms with E-state index in [4.69, 9.17) is 5.11 Å². The van der Waals surface area contributed by atoms with E-state index in [0.29, 0.717) is 6.54 Å². The summed E-state index contributed by atoms with van der Waals surface area (Å²) in [5, 5.41) is 9.07. The molecule has 0 bridgehead atoms. The van der Waals surface area contributed by atoms with E-state index in [1.807, 2.05) is 0 Å². The van der Waals surface area contributed by atoms with Gasteiger partial charge in [-0.3, -0.25) is 9.69 Å². The Morgan fingerprint density at radius 1 is 1.56 bits per heavy atom. The minimum atomic E-state index is -0.660. The van der Waals surface area contributed by atoms with Gasteiger partial charge in [0.2, 0.25) is 0 Å². The standard InChI is InChI=1S/C14H18BrNO2/c1-10-7-11(4-5-13(10)15)8-16-6-2-3-12(9-16)14(17)18/h4-5,7,12H,2-3,6,8-9H2,1H3,(H,17,18). The highest BCUT2D eigenvalue weighted by molar-refractivity contribution is 9.10. The number of aliphatic carboxylic acids is 1. The summed E-state index contributed by atoms with van der Waals surface area (Å²) < 4.78 is 1.12. The van der Waals surface area contributed by atoms with E-state index in [1.54, 1.807) is 0 Å². The summed E-state index contributed by atoms with van der Waals surface area (Å²) in [7, 11) is 0. The summed E-state index contributed by atoms with van der Waals surface area (Å²) in [6, 6.07) is 6.32. The predicted molar refractivity (Wildman–Crippen MR) is 74.5 cm³/mol. The van der Waals surface area contributed by atoms with Gasteiger partial charge in [-0.1, -0.05) is 28.1 Å². The third-order valence-electron chi connectivity index (χ3n) is 3.48. The van der Waals surface area contributed by atoms with Crippen LogP contribution in [-0.2, 0) is 11.3 Å². The summed E-state index contributed by atoms with van der Waals surface area (Å²) in [5.74, 6) is -0.859. The number of benzene rings is 1. The highest BCUT2D eigenvalue weighted by Crippen LogP contribution is 2.21. The third kappa shape index (κ3) is 3.33. The van der Waals surface area contributed by atoms with Crippen LogP contribution in [0.5, 0.6) is 0 Å². The van der Waals surface area contributed by atoms with Gasteiger partial charge in [0.05, 0.1) is 5.92 Å². The van der Waals surface area contributed by atoms with Crippen molar-refractivity contribution in [3.05, 3.63) is 33.8 Å². The van der Waals surface area contributed by atoms with E-state index in [2.05, 4.69) is 46.0 Å². The number of aryl methyl sites for hydroxylation is 1. The number of nitrogens with zero attached hydrogens (tertiary/aromatic N) is 1. The number of carbonyl (C=O) groups is 1. The van der Waals surface area contributed by atoms with Crippen molar-refractivity contribution in [2.24, 2.45) is 5.92 Å². The Morgan fingerprint density at radius 3 is 3.00 bits per heavy atom. The number of hydrogen-bond acceptors (Lipinski definition) is 2. The monoisotopic (exact) mass is 311 g/mol. The van der Waals surface area contributed by atoms with Crippen LogP contribution in [0.3, 0.4) is 0 Å². The molecule has 1 N–H and O–H groups in total. The molecule has 98 valence electrons. The topological polar surface area (TPSA) is 40.5 Å². The van der Waals surface area contributed by atoms with Crippen LogP contribution in [0.2, 0.25) is 0 Å². The molecule has 1 heterocycles. The summed E-state index contributed by atoms with van der Waals surface area (Å²) >= 11 is 3.49. The first-order chi connectivity index (χ1) is 8.56. The second-order valence-electron chi connectivity index (χ2n) is 5.00. The molecular formula is C14H18BrNO2. The molecule has 1 unspecified atom stereocenters. The number of rotatable bonds is 3. The van der Waals surface area contributed by atoms with Crippen molar-refractivity contribution in [3.63, 3.8) is 0 Å². The average molecular weight is 312 g/mol. The Morgan fingerprint density at radius 2 is 2.33 bits per heavy atom. The van der Waals surface area contributed by atoms with Crippen LogP contribution in [0.25, 0.3) is 0 Å². The summed E-state index contributed by atoms with van der Waals surface area (Å²) in [4.78, 5) is 13.3. The maximum absolute atomic E-state index is 11.0. The first kappa shape index (κ1) is 13.6. The zero-order chi connectivity index (χ0) is 13.1. The fourth-order valence-corrected chi connectivity index (χ4v) is 2.71. The van der Waals surface area contributed by atoms with Gasteiger partial charge in [0.15, 0.2) is 0 Å². The Hall–Kier alpha value is -0.870. The van der Waals surface area contributed by atoms with Crippen LogP contribution in [0, 0.1) is 12.8 Å². The molecule has 1 aromatic rings. The number of halogens is 1. The summed E-state index contributed by atoms with van der Waals surface area (Å²) in [5.41, 5.74) is 2.47. The molecule has 0 radical (unpaired) electrons. The van der Waals surface area contributed by atoms with Crippen LogP contribution >= 0.6 is 15.9 Å². The second-order valence-corrected chi connectivity index (χ2v) is 5.85. The third-order valence-corrected chi connectivity index (χ3v) is 4.37. The zero-order valence-electron chi connectivity index (χ0n) is 10.5. The molecule has 0 saturated carbocycles. The number of carboxylic acids is 1. The molecule has 1 atom stereocenters. The summed E-state index contributed by atoms with van der Waals surface area (Å²) in [6.07, 6.45) is 1.79. The first-order valence-electron chi connectivity index (χ1n) is 6.26. The van der Waals surface area contributed by atoms with Crippen LogP contribution in [0.4, 0.5) is 0 Å².